The Morgan fingerprint density at radius 1 is 1.44 bits per heavy atom. The number of hydrogen-bond donors (Lipinski definition) is 2. The Hall–Kier alpha value is -1.43. The predicted octanol–water partition coefficient (Wildman–Crippen LogP) is 1.84. The van der Waals surface area contributed by atoms with Crippen molar-refractivity contribution in [1.82, 2.24) is 10.6 Å². The highest BCUT2D eigenvalue weighted by atomic mass is 79.9. The number of likely N-dealkylation sites (N-methyl/N-ethyl adjacent to an activating group) is 1. The average molecular weight is 317 g/mol. The maximum Gasteiger partial charge on any atom is 0.256 e. The minimum atomic E-state index is -0.719. The van der Waals surface area contributed by atoms with Crippen LogP contribution in [0.4, 0.5) is 4.39 Å². The van der Waals surface area contributed by atoms with Crippen molar-refractivity contribution < 1.29 is 14.0 Å². The molecule has 1 atom stereocenters. The molecule has 1 unspecified atom stereocenters. The highest BCUT2D eigenvalue weighted by Gasteiger charge is 2.20. The summed E-state index contributed by atoms with van der Waals surface area (Å²) in [6.45, 7) is 3.79. The normalized spacial score (nSPS) is 11.8. The third-order valence-corrected chi connectivity index (χ3v) is 2.94. The minimum Gasteiger partial charge on any atom is -0.355 e. The van der Waals surface area contributed by atoms with Gasteiger partial charge in [-0.25, -0.2) is 4.39 Å². The SMILES string of the molecule is CCNC(=O)C(C)NC(=O)c1c(F)cccc1Br. The second kappa shape index (κ2) is 6.49. The zero-order valence-electron chi connectivity index (χ0n) is 10.1. The molecule has 0 spiro atoms. The Kier molecular flexibility index (Phi) is 5.27. The van der Waals surface area contributed by atoms with Gasteiger partial charge in [0.1, 0.15) is 11.9 Å². The summed E-state index contributed by atoms with van der Waals surface area (Å²) in [4.78, 5) is 23.3. The van der Waals surface area contributed by atoms with E-state index >= 15 is 0 Å². The van der Waals surface area contributed by atoms with Gasteiger partial charge >= 0.3 is 0 Å². The van der Waals surface area contributed by atoms with E-state index in [4.69, 9.17) is 0 Å². The molecule has 0 bridgehead atoms. The first-order valence-corrected chi connectivity index (χ1v) is 6.29. The summed E-state index contributed by atoms with van der Waals surface area (Å²) < 4.78 is 13.9. The van der Waals surface area contributed by atoms with Gasteiger partial charge in [-0.1, -0.05) is 6.07 Å². The van der Waals surface area contributed by atoms with Crippen LogP contribution in [-0.2, 0) is 4.79 Å². The first kappa shape index (κ1) is 14.6. The van der Waals surface area contributed by atoms with Gasteiger partial charge in [0, 0.05) is 11.0 Å². The second-order valence-corrected chi connectivity index (χ2v) is 4.54. The first-order valence-electron chi connectivity index (χ1n) is 5.50. The number of halogens is 2. The van der Waals surface area contributed by atoms with E-state index in [9.17, 15) is 14.0 Å². The summed E-state index contributed by atoms with van der Waals surface area (Å²) >= 11 is 3.10. The summed E-state index contributed by atoms with van der Waals surface area (Å²) in [6.07, 6.45) is 0. The van der Waals surface area contributed by atoms with Gasteiger partial charge in [-0.15, -0.1) is 0 Å². The average Bonchev–Trinajstić information content (AvgIpc) is 2.28. The molecule has 1 aromatic rings. The van der Waals surface area contributed by atoms with E-state index in [1.807, 2.05) is 0 Å². The molecule has 0 saturated carbocycles. The molecule has 0 saturated heterocycles. The molecule has 0 aliphatic rings. The molecule has 6 heteroatoms. The Morgan fingerprint density at radius 2 is 2.11 bits per heavy atom. The van der Waals surface area contributed by atoms with E-state index in [-0.39, 0.29) is 11.5 Å². The Balaban J connectivity index is 2.80. The number of nitrogens with one attached hydrogen (secondary N) is 2. The maximum atomic E-state index is 13.5. The minimum absolute atomic E-state index is 0.103. The summed E-state index contributed by atoms with van der Waals surface area (Å²) in [7, 11) is 0. The lowest BCUT2D eigenvalue weighted by Gasteiger charge is -2.14. The van der Waals surface area contributed by atoms with Crippen LogP contribution in [0.2, 0.25) is 0 Å². The molecule has 0 heterocycles. The van der Waals surface area contributed by atoms with Crippen molar-refractivity contribution in [1.29, 1.82) is 0 Å². The van der Waals surface area contributed by atoms with E-state index in [1.165, 1.54) is 19.1 Å². The summed E-state index contributed by atoms with van der Waals surface area (Å²) in [6, 6.07) is 3.53. The Labute approximate surface area is 113 Å². The van der Waals surface area contributed by atoms with Gasteiger partial charge in [-0.3, -0.25) is 9.59 Å². The number of benzene rings is 1. The largest absolute Gasteiger partial charge is 0.355 e. The molecular weight excluding hydrogens is 303 g/mol. The Morgan fingerprint density at radius 3 is 2.67 bits per heavy atom. The van der Waals surface area contributed by atoms with Gasteiger partial charge < -0.3 is 10.6 Å². The van der Waals surface area contributed by atoms with E-state index < -0.39 is 17.8 Å². The summed E-state index contributed by atoms with van der Waals surface area (Å²) in [5.74, 6) is -1.57. The molecule has 2 N–H and O–H groups in total. The number of carbonyl (C=O) groups is 2. The van der Waals surface area contributed by atoms with E-state index in [1.54, 1.807) is 13.0 Å². The van der Waals surface area contributed by atoms with Crippen molar-refractivity contribution in [3.8, 4) is 0 Å². The molecule has 2 amide bonds. The number of rotatable bonds is 4. The third-order valence-electron chi connectivity index (χ3n) is 2.28. The summed E-state index contributed by atoms with van der Waals surface area (Å²) in [5, 5.41) is 5.01. The summed E-state index contributed by atoms with van der Waals surface area (Å²) in [5.41, 5.74) is -0.103. The van der Waals surface area contributed by atoms with Gasteiger partial charge in [0.25, 0.3) is 5.91 Å². The quantitative estimate of drug-likeness (QED) is 0.890. The Bertz CT molecular complexity index is 445. The molecule has 0 radical (unpaired) electrons. The first-order chi connectivity index (χ1) is 8.47. The number of carbonyl (C=O) groups excluding carboxylic acids is 2. The van der Waals surface area contributed by atoms with Gasteiger partial charge in [0.2, 0.25) is 5.91 Å². The van der Waals surface area contributed by atoms with Crippen LogP contribution >= 0.6 is 15.9 Å². The predicted molar refractivity (Wildman–Crippen MR) is 69.7 cm³/mol. The lowest BCUT2D eigenvalue weighted by molar-refractivity contribution is -0.122. The monoisotopic (exact) mass is 316 g/mol. The van der Waals surface area contributed by atoms with Crippen LogP contribution in [0.15, 0.2) is 22.7 Å². The van der Waals surface area contributed by atoms with E-state index in [0.717, 1.165) is 0 Å². The van der Waals surface area contributed by atoms with Gasteiger partial charge in [-0.2, -0.15) is 0 Å². The molecule has 98 valence electrons. The highest BCUT2D eigenvalue weighted by Crippen LogP contribution is 2.19. The molecule has 0 aliphatic heterocycles. The molecule has 18 heavy (non-hydrogen) atoms. The van der Waals surface area contributed by atoms with Crippen LogP contribution in [0.1, 0.15) is 24.2 Å². The van der Waals surface area contributed by atoms with Gasteiger partial charge in [0.15, 0.2) is 0 Å². The zero-order valence-corrected chi connectivity index (χ0v) is 11.7. The van der Waals surface area contributed by atoms with E-state index in [2.05, 4.69) is 26.6 Å². The van der Waals surface area contributed by atoms with Crippen LogP contribution < -0.4 is 10.6 Å². The molecule has 0 fully saturated rings. The van der Waals surface area contributed by atoms with Crippen molar-refractivity contribution in [2.45, 2.75) is 19.9 Å². The number of amides is 2. The van der Waals surface area contributed by atoms with Crippen molar-refractivity contribution in [2.75, 3.05) is 6.54 Å². The molecule has 1 rings (SSSR count). The third kappa shape index (κ3) is 3.53. The van der Waals surface area contributed by atoms with Gasteiger partial charge in [0.05, 0.1) is 5.56 Å². The van der Waals surface area contributed by atoms with Crippen molar-refractivity contribution >= 4 is 27.7 Å². The van der Waals surface area contributed by atoms with Crippen LogP contribution in [0.25, 0.3) is 0 Å². The van der Waals surface area contributed by atoms with Crippen LogP contribution in [0.3, 0.4) is 0 Å². The molecule has 1 aromatic carbocycles. The van der Waals surface area contributed by atoms with Crippen molar-refractivity contribution in [3.05, 3.63) is 34.1 Å². The van der Waals surface area contributed by atoms with Crippen LogP contribution in [-0.4, -0.2) is 24.4 Å². The topological polar surface area (TPSA) is 58.2 Å². The lowest BCUT2D eigenvalue weighted by Crippen LogP contribution is -2.45. The van der Waals surface area contributed by atoms with E-state index in [0.29, 0.717) is 11.0 Å². The highest BCUT2D eigenvalue weighted by molar-refractivity contribution is 9.10. The molecule has 0 aliphatic carbocycles. The molecular formula is C12H14BrFN2O2. The van der Waals surface area contributed by atoms with Crippen molar-refractivity contribution in [3.63, 3.8) is 0 Å². The van der Waals surface area contributed by atoms with Crippen LogP contribution in [0, 0.1) is 5.82 Å². The fourth-order valence-electron chi connectivity index (χ4n) is 1.38. The lowest BCUT2D eigenvalue weighted by atomic mass is 10.2. The van der Waals surface area contributed by atoms with Gasteiger partial charge in [-0.05, 0) is 41.9 Å². The smallest absolute Gasteiger partial charge is 0.256 e. The number of hydrogen-bond acceptors (Lipinski definition) is 2. The standard InChI is InChI=1S/C12H14BrFN2O2/c1-3-15-11(17)7(2)16-12(18)10-8(13)5-4-6-9(10)14/h4-7H,3H2,1-2H3,(H,15,17)(H,16,18). The maximum absolute atomic E-state index is 13.5. The van der Waals surface area contributed by atoms with Crippen molar-refractivity contribution in [2.24, 2.45) is 0 Å². The fraction of sp³-hybridized carbons (Fsp3) is 0.333. The molecule has 0 aromatic heterocycles. The fourth-order valence-corrected chi connectivity index (χ4v) is 1.90. The zero-order chi connectivity index (χ0) is 13.7. The van der Waals surface area contributed by atoms with Crippen LogP contribution in [0.5, 0.6) is 0 Å². The second-order valence-electron chi connectivity index (χ2n) is 3.69. The molecule has 4 nitrogen and oxygen atoms in total.